The van der Waals surface area contributed by atoms with E-state index in [-0.39, 0.29) is 18.6 Å². The van der Waals surface area contributed by atoms with Crippen LogP contribution in [0.1, 0.15) is 67.3 Å². The first-order valence-electron chi connectivity index (χ1n) is 18.3. The minimum Gasteiger partial charge on any atom is -0.488 e. The van der Waals surface area contributed by atoms with Crippen LogP contribution in [-0.4, -0.2) is 37.4 Å². The van der Waals surface area contributed by atoms with E-state index in [1.54, 1.807) is 12.1 Å². The summed E-state index contributed by atoms with van der Waals surface area (Å²) in [6, 6.07) is 41.4. The van der Waals surface area contributed by atoms with Crippen LogP contribution in [0.25, 0.3) is 43.1 Å². The molecule has 268 valence electrons. The zero-order valence-corrected chi connectivity index (χ0v) is 30.8. The van der Waals surface area contributed by atoms with Crippen LogP contribution in [0.3, 0.4) is 0 Å². The van der Waals surface area contributed by atoms with Crippen LogP contribution in [0, 0.1) is 0 Å². The Morgan fingerprint density at radius 1 is 0.528 bits per heavy atom. The SMILES string of the molecule is CCC(C)(C)c1ccc2c(OCC(C)OC(=O)c3ccc4ccccc4c3)c3ccccc3c(OCC(C)OC(=O)c3ccc4ccccc4c3)c2c1. The van der Waals surface area contributed by atoms with E-state index in [2.05, 4.69) is 39.0 Å². The molecule has 0 aliphatic heterocycles. The molecule has 53 heavy (non-hydrogen) atoms. The summed E-state index contributed by atoms with van der Waals surface area (Å²) in [5.41, 5.74) is 2.09. The average molecular weight is 705 g/mol. The largest absolute Gasteiger partial charge is 0.488 e. The van der Waals surface area contributed by atoms with Gasteiger partial charge in [0.25, 0.3) is 0 Å². The van der Waals surface area contributed by atoms with Crippen molar-refractivity contribution in [2.24, 2.45) is 0 Å². The zero-order chi connectivity index (χ0) is 37.1. The summed E-state index contributed by atoms with van der Waals surface area (Å²) >= 11 is 0. The lowest BCUT2D eigenvalue weighted by atomic mass is 9.81. The summed E-state index contributed by atoms with van der Waals surface area (Å²) < 4.78 is 24.9. The Kier molecular flexibility index (Phi) is 10.1. The Labute approximate surface area is 310 Å². The van der Waals surface area contributed by atoms with Gasteiger partial charge in [-0.2, -0.15) is 0 Å². The molecular weight excluding hydrogens is 661 g/mol. The third-order valence-corrected chi connectivity index (χ3v) is 10.1. The first kappa shape index (κ1) is 35.5. The lowest BCUT2D eigenvalue weighted by Crippen LogP contribution is -2.23. The molecule has 0 amide bonds. The van der Waals surface area contributed by atoms with Crippen LogP contribution in [0.4, 0.5) is 0 Å². The second-order valence-corrected chi connectivity index (χ2v) is 14.4. The summed E-state index contributed by atoms with van der Waals surface area (Å²) in [5, 5.41) is 7.60. The van der Waals surface area contributed by atoms with E-state index in [0.717, 1.165) is 49.5 Å². The Morgan fingerprint density at radius 2 is 0.962 bits per heavy atom. The molecule has 2 atom stereocenters. The van der Waals surface area contributed by atoms with Crippen LogP contribution >= 0.6 is 0 Å². The number of hydrogen-bond donors (Lipinski definition) is 0. The number of hydrogen-bond acceptors (Lipinski definition) is 6. The fourth-order valence-corrected chi connectivity index (χ4v) is 6.64. The molecule has 0 N–H and O–H groups in total. The van der Waals surface area contributed by atoms with Crippen molar-refractivity contribution in [3.05, 3.63) is 144 Å². The molecule has 7 rings (SSSR count). The van der Waals surface area contributed by atoms with Crippen LogP contribution in [-0.2, 0) is 14.9 Å². The van der Waals surface area contributed by atoms with Gasteiger partial charge in [0.1, 0.15) is 36.9 Å². The number of rotatable bonds is 12. The van der Waals surface area contributed by atoms with Crippen molar-refractivity contribution in [1.82, 2.24) is 0 Å². The molecular formula is C47H44O6. The summed E-state index contributed by atoms with van der Waals surface area (Å²) in [5.74, 6) is 0.592. The highest BCUT2D eigenvalue weighted by Crippen LogP contribution is 2.44. The van der Waals surface area contributed by atoms with Crippen LogP contribution in [0.15, 0.2) is 127 Å². The molecule has 0 bridgehead atoms. The fraction of sp³-hybridized carbons (Fsp3) is 0.234. The third kappa shape index (κ3) is 7.54. The Morgan fingerprint density at radius 3 is 1.45 bits per heavy atom. The fourth-order valence-electron chi connectivity index (χ4n) is 6.64. The van der Waals surface area contributed by atoms with Gasteiger partial charge in [-0.25, -0.2) is 9.59 Å². The highest BCUT2D eigenvalue weighted by Gasteiger charge is 2.24. The Bertz CT molecular complexity index is 2460. The van der Waals surface area contributed by atoms with Gasteiger partial charge in [-0.3, -0.25) is 0 Å². The average Bonchev–Trinajstić information content (AvgIpc) is 3.18. The molecule has 7 aromatic rings. The van der Waals surface area contributed by atoms with Crippen LogP contribution in [0.5, 0.6) is 11.5 Å². The molecule has 0 spiro atoms. The maximum atomic E-state index is 13.2. The molecule has 2 unspecified atom stereocenters. The van der Waals surface area contributed by atoms with Crippen molar-refractivity contribution in [3.8, 4) is 11.5 Å². The quantitative estimate of drug-likeness (QED) is 0.0931. The van der Waals surface area contributed by atoms with Gasteiger partial charge in [-0.05, 0) is 83.1 Å². The molecule has 6 nitrogen and oxygen atoms in total. The van der Waals surface area contributed by atoms with Crippen molar-refractivity contribution < 1.29 is 28.5 Å². The zero-order valence-electron chi connectivity index (χ0n) is 30.8. The normalized spacial score (nSPS) is 12.8. The van der Waals surface area contributed by atoms with Crippen molar-refractivity contribution in [2.45, 2.75) is 58.7 Å². The minimum absolute atomic E-state index is 0.0771. The number of benzene rings is 7. The van der Waals surface area contributed by atoms with Gasteiger partial charge in [0, 0.05) is 21.5 Å². The lowest BCUT2D eigenvalue weighted by Gasteiger charge is -2.26. The molecule has 0 aliphatic carbocycles. The topological polar surface area (TPSA) is 71.1 Å². The predicted octanol–water partition coefficient (Wildman–Crippen LogP) is 11.2. The maximum absolute atomic E-state index is 13.2. The molecule has 0 radical (unpaired) electrons. The van der Waals surface area contributed by atoms with E-state index in [1.165, 1.54) is 5.56 Å². The van der Waals surface area contributed by atoms with Gasteiger partial charge >= 0.3 is 11.9 Å². The van der Waals surface area contributed by atoms with E-state index in [1.807, 2.05) is 111 Å². The van der Waals surface area contributed by atoms with Gasteiger partial charge in [-0.15, -0.1) is 0 Å². The van der Waals surface area contributed by atoms with Gasteiger partial charge in [0.05, 0.1) is 11.1 Å². The molecule has 6 heteroatoms. The summed E-state index contributed by atoms with van der Waals surface area (Å²) in [6.45, 7) is 10.6. The first-order valence-corrected chi connectivity index (χ1v) is 18.3. The monoisotopic (exact) mass is 704 g/mol. The van der Waals surface area contributed by atoms with Gasteiger partial charge < -0.3 is 18.9 Å². The van der Waals surface area contributed by atoms with Crippen molar-refractivity contribution in [2.75, 3.05) is 13.2 Å². The number of carbonyl (C=O) groups is 2. The predicted molar refractivity (Wildman–Crippen MR) is 213 cm³/mol. The third-order valence-electron chi connectivity index (χ3n) is 10.1. The molecule has 0 saturated heterocycles. The van der Waals surface area contributed by atoms with Crippen molar-refractivity contribution in [1.29, 1.82) is 0 Å². The number of esters is 2. The molecule has 0 aliphatic rings. The highest BCUT2D eigenvalue weighted by molar-refractivity contribution is 6.11. The van der Waals surface area contributed by atoms with Crippen LogP contribution < -0.4 is 9.47 Å². The van der Waals surface area contributed by atoms with E-state index in [4.69, 9.17) is 18.9 Å². The molecule has 7 aromatic carbocycles. The standard InChI is InChI=1S/C47H44O6/c1-6-47(4,5)38-23-24-41-42(27-38)44(51-29-31(3)53-46(49)37-22-20-33-14-8-10-16-35(33)26-37)40-18-12-11-17-39(40)43(41)50-28-30(2)52-45(48)36-21-19-32-13-7-9-15-34(32)25-36/h7-27,30-31H,6,28-29H2,1-5H3. The Balaban J connectivity index is 1.15. The minimum atomic E-state index is -0.521. The van der Waals surface area contributed by atoms with Crippen LogP contribution in [0.2, 0.25) is 0 Å². The van der Waals surface area contributed by atoms with E-state index >= 15 is 0 Å². The van der Waals surface area contributed by atoms with E-state index < -0.39 is 24.1 Å². The van der Waals surface area contributed by atoms with Gasteiger partial charge in [-0.1, -0.05) is 118 Å². The highest BCUT2D eigenvalue weighted by atomic mass is 16.6. The van der Waals surface area contributed by atoms with Crippen molar-refractivity contribution >= 4 is 55.0 Å². The second kappa shape index (κ2) is 15.0. The summed E-state index contributed by atoms with van der Waals surface area (Å²) in [7, 11) is 0. The maximum Gasteiger partial charge on any atom is 0.338 e. The summed E-state index contributed by atoms with van der Waals surface area (Å²) in [4.78, 5) is 26.3. The Hall–Kier alpha value is -5.88. The number of ether oxygens (including phenoxy) is 4. The molecule has 0 aromatic heterocycles. The summed E-state index contributed by atoms with van der Waals surface area (Å²) in [6.07, 6.45) is -0.0877. The molecule has 0 heterocycles. The number of fused-ring (bicyclic) bond motifs is 4. The van der Waals surface area contributed by atoms with E-state index in [9.17, 15) is 9.59 Å². The van der Waals surface area contributed by atoms with Gasteiger partial charge in [0.2, 0.25) is 0 Å². The second-order valence-electron chi connectivity index (χ2n) is 14.4. The van der Waals surface area contributed by atoms with Crippen molar-refractivity contribution in [3.63, 3.8) is 0 Å². The molecule has 0 fully saturated rings. The smallest absolute Gasteiger partial charge is 0.338 e. The van der Waals surface area contributed by atoms with Gasteiger partial charge in [0.15, 0.2) is 0 Å². The van der Waals surface area contributed by atoms with E-state index in [0.29, 0.717) is 22.6 Å². The number of carbonyl (C=O) groups excluding carboxylic acids is 2. The first-order chi connectivity index (χ1) is 25.6. The lowest BCUT2D eigenvalue weighted by molar-refractivity contribution is 0.0222. The molecule has 0 saturated carbocycles.